The van der Waals surface area contributed by atoms with E-state index >= 15 is 0 Å². The van der Waals surface area contributed by atoms with Gasteiger partial charge in [-0.15, -0.1) is 0 Å². The minimum atomic E-state index is -2.24. The molecule has 0 spiro atoms. The summed E-state index contributed by atoms with van der Waals surface area (Å²) in [7, 11) is -1.70. The SMILES string of the molecule is CCCC[CH](/C=C/O[Si](C)(C)C(C)(C)C)[Sn]([CH2]CCC)([CH2]CCC)[CH2]CCC. The van der Waals surface area contributed by atoms with Crippen molar-refractivity contribution >= 4 is 26.7 Å². The van der Waals surface area contributed by atoms with Gasteiger partial charge >= 0.3 is 185 Å². The van der Waals surface area contributed by atoms with Gasteiger partial charge in [0.2, 0.25) is 0 Å². The normalized spacial score (nSPS) is 14.6. The van der Waals surface area contributed by atoms with Crippen molar-refractivity contribution in [1.29, 1.82) is 0 Å². The number of hydrogen-bond donors (Lipinski definition) is 0. The van der Waals surface area contributed by atoms with Crippen LogP contribution in [-0.4, -0.2) is 26.7 Å². The fraction of sp³-hybridized carbons (Fsp3) is 0.920. The average Bonchev–Trinajstić information content (AvgIpc) is 2.63. The van der Waals surface area contributed by atoms with Gasteiger partial charge < -0.3 is 0 Å². The van der Waals surface area contributed by atoms with Crippen LogP contribution in [0.2, 0.25) is 35.4 Å². The Hall–Kier alpha value is 0.556. The predicted octanol–water partition coefficient (Wildman–Crippen LogP) is 9.93. The predicted molar refractivity (Wildman–Crippen MR) is 136 cm³/mol. The van der Waals surface area contributed by atoms with E-state index in [0.717, 1.165) is 3.93 Å². The van der Waals surface area contributed by atoms with Crippen LogP contribution in [0.4, 0.5) is 0 Å². The fourth-order valence-electron chi connectivity index (χ4n) is 4.03. The van der Waals surface area contributed by atoms with Crippen molar-refractivity contribution in [3.05, 3.63) is 12.3 Å². The van der Waals surface area contributed by atoms with Gasteiger partial charge in [0.15, 0.2) is 0 Å². The molecule has 0 aromatic heterocycles. The summed E-state index contributed by atoms with van der Waals surface area (Å²) in [6.45, 7) is 21.3. The first-order valence-corrected chi connectivity index (χ1v) is 23.1. The summed E-state index contributed by atoms with van der Waals surface area (Å²) in [5, 5.41) is 0.281. The monoisotopic (exact) mass is 518 g/mol. The third kappa shape index (κ3) is 10.0. The van der Waals surface area contributed by atoms with Gasteiger partial charge in [0.25, 0.3) is 0 Å². The van der Waals surface area contributed by atoms with Gasteiger partial charge in [-0.3, -0.25) is 0 Å². The standard InChI is InChI=1S/C13H27OSi.3C4H9.Sn/c1-7-8-9-10-11-12-14-15(5,6)13(2,3)4;3*1-3-4-2;/h10-12H,7-9H2,1-6H3;3*1,3-4H2,2H3;/b12-11+;;;;. The molecule has 0 bridgehead atoms. The third-order valence-electron chi connectivity index (χ3n) is 7.22. The Bertz CT molecular complexity index is 389. The molecule has 0 saturated carbocycles. The zero-order chi connectivity index (χ0) is 21.7. The van der Waals surface area contributed by atoms with Crippen LogP contribution in [0.25, 0.3) is 0 Å². The molecule has 1 unspecified atom stereocenters. The number of rotatable bonds is 16. The van der Waals surface area contributed by atoms with E-state index in [1.54, 1.807) is 13.3 Å². The summed E-state index contributed by atoms with van der Waals surface area (Å²) in [5.41, 5.74) is 0. The van der Waals surface area contributed by atoms with Crippen LogP contribution in [0.15, 0.2) is 12.3 Å². The molecule has 0 N–H and O–H groups in total. The van der Waals surface area contributed by atoms with Gasteiger partial charge in [-0.25, -0.2) is 0 Å². The van der Waals surface area contributed by atoms with Crippen LogP contribution in [0, 0.1) is 0 Å². The molecule has 0 aliphatic heterocycles. The molecule has 0 heterocycles. The first-order valence-electron chi connectivity index (χ1n) is 12.4. The van der Waals surface area contributed by atoms with E-state index < -0.39 is 26.7 Å². The molecule has 3 heteroatoms. The van der Waals surface area contributed by atoms with Gasteiger partial charge in [0.05, 0.1) is 0 Å². The number of allylic oxidation sites excluding steroid dienone is 1. The van der Waals surface area contributed by atoms with E-state index in [1.807, 2.05) is 0 Å². The molecule has 0 aromatic rings. The van der Waals surface area contributed by atoms with Gasteiger partial charge in [-0.2, -0.15) is 0 Å². The molecule has 0 aliphatic rings. The molecule has 0 radical (unpaired) electrons. The molecule has 28 heavy (non-hydrogen) atoms. The minimum absolute atomic E-state index is 0.281. The van der Waals surface area contributed by atoms with Crippen LogP contribution >= 0.6 is 0 Å². The Labute approximate surface area is 184 Å². The topological polar surface area (TPSA) is 9.23 Å². The van der Waals surface area contributed by atoms with Gasteiger partial charge in [-0.1, -0.05) is 0 Å². The summed E-state index contributed by atoms with van der Waals surface area (Å²) in [5.74, 6) is 0. The molecular weight excluding hydrogens is 463 g/mol. The molecule has 0 rings (SSSR count). The van der Waals surface area contributed by atoms with Crippen LogP contribution < -0.4 is 0 Å². The Kier molecular flexibility index (Phi) is 14.8. The van der Waals surface area contributed by atoms with Crippen molar-refractivity contribution in [2.75, 3.05) is 0 Å². The van der Waals surface area contributed by atoms with E-state index in [1.165, 1.54) is 57.8 Å². The maximum atomic E-state index is 6.50. The summed E-state index contributed by atoms with van der Waals surface area (Å²) in [6.07, 6.45) is 17.4. The summed E-state index contributed by atoms with van der Waals surface area (Å²) < 4.78 is 12.2. The van der Waals surface area contributed by atoms with Crippen molar-refractivity contribution in [2.45, 2.75) is 142 Å². The molecule has 1 atom stereocenters. The molecule has 0 aromatic carbocycles. The zero-order valence-electron chi connectivity index (χ0n) is 21.1. The van der Waals surface area contributed by atoms with Crippen molar-refractivity contribution in [3.63, 3.8) is 0 Å². The average molecular weight is 518 g/mol. The molecule has 1 nitrogen and oxygen atoms in total. The molecule has 0 saturated heterocycles. The summed E-state index contributed by atoms with van der Waals surface area (Å²) >= 11 is -2.24. The van der Waals surface area contributed by atoms with E-state index in [4.69, 9.17) is 4.43 Å². The van der Waals surface area contributed by atoms with Crippen molar-refractivity contribution in [3.8, 4) is 0 Å². The quantitative estimate of drug-likeness (QED) is 0.146. The van der Waals surface area contributed by atoms with Crippen LogP contribution in [0.5, 0.6) is 0 Å². The van der Waals surface area contributed by atoms with E-state index in [0.29, 0.717) is 0 Å². The Morgan fingerprint density at radius 3 is 1.57 bits per heavy atom. The molecule has 0 aliphatic carbocycles. The summed E-state index contributed by atoms with van der Waals surface area (Å²) in [4.78, 5) is 0. The van der Waals surface area contributed by atoms with Gasteiger partial charge in [-0.05, 0) is 0 Å². The number of unbranched alkanes of at least 4 members (excludes halogenated alkanes) is 4. The fourth-order valence-corrected chi connectivity index (χ4v) is 22.9. The molecule has 0 fully saturated rings. The maximum absolute atomic E-state index is 6.50. The third-order valence-corrected chi connectivity index (χ3v) is 29.0. The van der Waals surface area contributed by atoms with Crippen molar-refractivity contribution in [1.82, 2.24) is 0 Å². The molecule has 0 amide bonds. The summed E-state index contributed by atoms with van der Waals surface area (Å²) in [6, 6.07) is 0. The second kappa shape index (κ2) is 14.5. The Morgan fingerprint density at radius 2 is 1.21 bits per heavy atom. The first-order chi connectivity index (χ1) is 13.1. The van der Waals surface area contributed by atoms with Crippen molar-refractivity contribution < 1.29 is 4.43 Å². The second-order valence-electron chi connectivity index (χ2n) is 10.6. The van der Waals surface area contributed by atoms with Crippen LogP contribution in [0.3, 0.4) is 0 Å². The van der Waals surface area contributed by atoms with Gasteiger partial charge in [0, 0.05) is 0 Å². The van der Waals surface area contributed by atoms with E-state index in [9.17, 15) is 0 Å². The number of hydrogen-bond acceptors (Lipinski definition) is 1. The second-order valence-corrected chi connectivity index (χ2v) is 29.6. The van der Waals surface area contributed by atoms with Crippen LogP contribution in [0.1, 0.15) is 106 Å². The van der Waals surface area contributed by atoms with Crippen LogP contribution in [-0.2, 0) is 4.43 Å². The zero-order valence-corrected chi connectivity index (χ0v) is 25.0. The van der Waals surface area contributed by atoms with Crippen molar-refractivity contribution in [2.24, 2.45) is 0 Å². The Balaban J connectivity index is 5.67. The van der Waals surface area contributed by atoms with E-state index in [2.05, 4.69) is 73.9 Å². The Morgan fingerprint density at radius 1 is 0.786 bits per heavy atom. The first kappa shape index (κ1) is 28.6. The molecular formula is C25H54OSiSn. The molecule has 168 valence electrons. The van der Waals surface area contributed by atoms with E-state index in [-0.39, 0.29) is 5.04 Å². The van der Waals surface area contributed by atoms with Gasteiger partial charge in [0.1, 0.15) is 0 Å².